The normalized spacial score (nSPS) is 21.5. The highest BCUT2D eigenvalue weighted by Gasteiger charge is 2.53. The number of hydrogen-bond acceptors (Lipinski definition) is 4. The van der Waals surface area contributed by atoms with Gasteiger partial charge in [0.05, 0.1) is 6.10 Å². The fourth-order valence-electron chi connectivity index (χ4n) is 5.05. The molecule has 0 radical (unpaired) electrons. The molecule has 2 aliphatic heterocycles. The average molecular weight is 465 g/mol. The minimum atomic E-state index is -0.557. The quantitative estimate of drug-likeness (QED) is 0.628. The number of benzene rings is 2. The Morgan fingerprint density at radius 2 is 1.91 bits per heavy atom. The molecular formula is C27H33FN4O2. The van der Waals surface area contributed by atoms with Gasteiger partial charge >= 0.3 is 6.03 Å². The van der Waals surface area contributed by atoms with Crippen LogP contribution in [0.3, 0.4) is 0 Å². The largest absolute Gasteiger partial charge is 0.491 e. The molecule has 1 N–H and O–H groups in total. The fraction of sp³-hybridized carbons (Fsp3) is 0.481. The molecule has 2 aromatic rings. The Hall–Kier alpha value is -2.93. The molecule has 3 aliphatic rings. The van der Waals surface area contributed by atoms with Crippen LogP contribution < -0.4 is 15.0 Å². The highest BCUT2D eigenvalue weighted by Crippen LogP contribution is 2.39. The summed E-state index contributed by atoms with van der Waals surface area (Å²) in [5.74, 6) is 1.92. The van der Waals surface area contributed by atoms with Gasteiger partial charge in [0, 0.05) is 31.9 Å². The maximum Gasteiger partial charge on any atom is 0.328 e. The van der Waals surface area contributed by atoms with E-state index in [1.54, 1.807) is 17.0 Å². The van der Waals surface area contributed by atoms with E-state index in [-0.39, 0.29) is 18.0 Å². The molecule has 3 fully saturated rings. The molecule has 2 amide bonds. The molecule has 2 heterocycles. The molecule has 6 nitrogen and oxygen atoms in total. The third kappa shape index (κ3) is 4.80. The predicted molar refractivity (Wildman–Crippen MR) is 132 cm³/mol. The molecule has 0 aromatic heterocycles. The molecule has 0 atom stereocenters. The Kier molecular flexibility index (Phi) is 6.30. The van der Waals surface area contributed by atoms with Crippen molar-refractivity contribution in [3.05, 3.63) is 59.9 Å². The zero-order chi connectivity index (χ0) is 23.7. The first-order valence-corrected chi connectivity index (χ1v) is 12.3. The number of urea groups is 1. The summed E-state index contributed by atoms with van der Waals surface area (Å²) in [6.45, 7) is 7.26. The lowest BCUT2D eigenvalue weighted by Crippen LogP contribution is -2.56. The molecule has 0 bridgehead atoms. The van der Waals surface area contributed by atoms with Gasteiger partial charge < -0.3 is 4.74 Å². The van der Waals surface area contributed by atoms with E-state index < -0.39 is 5.54 Å². The van der Waals surface area contributed by atoms with Gasteiger partial charge in [-0.15, -0.1) is 0 Å². The fourth-order valence-corrected chi connectivity index (χ4v) is 5.05. The number of amides is 2. The number of anilines is 1. The second-order valence-corrected chi connectivity index (χ2v) is 10.00. The number of nitrogens with one attached hydrogen (secondary N) is 1. The first-order valence-electron chi connectivity index (χ1n) is 12.3. The second-order valence-electron chi connectivity index (χ2n) is 10.00. The van der Waals surface area contributed by atoms with Crippen LogP contribution in [0.15, 0.2) is 53.5 Å². The molecule has 180 valence electrons. The Labute approximate surface area is 200 Å². The monoisotopic (exact) mass is 464 g/mol. The lowest BCUT2D eigenvalue weighted by molar-refractivity contribution is 0.184. The van der Waals surface area contributed by atoms with Crippen LogP contribution >= 0.6 is 0 Å². The van der Waals surface area contributed by atoms with Crippen LogP contribution in [0.2, 0.25) is 0 Å². The second kappa shape index (κ2) is 9.37. The van der Waals surface area contributed by atoms with Crippen LogP contribution in [0, 0.1) is 11.7 Å². The third-order valence-corrected chi connectivity index (χ3v) is 6.93. The van der Waals surface area contributed by atoms with E-state index in [0.29, 0.717) is 11.6 Å². The molecule has 2 aromatic carbocycles. The number of piperidine rings is 1. The van der Waals surface area contributed by atoms with E-state index in [2.05, 4.69) is 22.3 Å². The van der Waals surface area contributed by atoms with Crippen LogP contribution in [0.25, 0.3) is 0 Å². The Balaban J connectivity index is 1.36. The molecule has 1 spiro atoms. The number of carbonyl (C=O) groups excluding carboxylic acids is 1. The summed E-state index contributed by atoms with van der Waals surface area (Å²) in [5, 5.41) is 3.04. The van der Waals surface area contributed by atoms with E-state index in [0.717, 1.165) is 50.6 Å². The maximum atomic E-state index is 14.1. The summed E-state index contributed by atoms with van der Waals surface area (Å²) >= 11 is 0. The number of aliphatic imine (C=N–C) groups is 1. The van der Waals surface area contributed by atoms with Gasteiger partial charge in [0.1, 0.15) is 22.9 Å². The van der Waals surface area contributed by atoms with Gasteiger partial charge in [-0.2, -0.15) is 0 Å². The summed E-state index contributed by atoms with van der Waals surface area (Å²) in [6.07, 6.45) is 4.04. The SMILES string of the molecule is CC(C)Oc1cccc(CN2CCC3(CC2)C(=NCC2CC2)NC(=O)N3c2cccc(F)c2)c1. The Morgan fingerprint density at radius 1 is 1.15 bits per heavy atom. The van der Waals surface area contributed by atoms with E-state index in [1.165, 1.54) is 30.5 Å². The number of halogens is 1. The number of rotatable bonds is 7. The van der Waals surface area contributed by atoms with Crippen molar-refractivity contribution in [1.29, 1.82) is 0 Å². The van der Waals surface area contributed by atoms with E-state index >= 15 is 0 Å². The Bertz CT molecular complexity index is 1070. The van der Waals surface area contributed by atoms with E-state index in [4.69, 9.17) is 9.73 Å². The molecule has 34 heavy (non-hydrogen) atoms. The number of ether oxygens (including phenoxy) is 1. The summed E-state index contributed by atoms with van der Waals surface area (Å²) in [7, 11) is 0. The van der Waals surface area contributed by atoms with Crippen LogP contribution in [-0.2, 0) is 6.54 Å². The highest BCUT2D eigenvalue weighted by molar-refractivity contribution is 6.19. The third-order valence-electron chi connectivity index (χ3n) is 6.93. The number of hydrogen-bond donors (Lipinski definition) is 1. The minimum absolute atomic E-state index is 0.139. The predicted octanol–water partition coefficient (Wildman–Crippen LogP) is 4.99. The molecule has 0 unspecified atom stereocenters. The van der Waals surface area contributed by atoms with Gasteiger partial charge in [0.25, 0.3) is 0 Å². The number of carbonyl (C=O) groups is 1. The van der Waals surface area contributed by atoms with Gasteiger partial charge in [-0.25, -0.2) is 9.18 Å². The number of nitrogens with zero attached hydrogens (tertiary/aromatic N) is 3. The van der Waals surface area contributed by atoms with Gasteiger partial charge in [-0.05, 0) is 81.3 Å². The standard InChI is InChI=1S/C27H33FN4O2/c1-19(2)34-24-8-3-5-21(15-24)18-31-13-11-27(12-14-31)25(29-17-20-9-10-20)30-26(33)32(27)23-7-4-6-22(28)16-23/h3-8,15-16,19-20H,9-14,17-18H2,1-2H3,(H,29,30,33). The molecule has 2 saturated heterocycles. The minimum Gasteiger partial charge on any atom is -0.491 e. The summed E-state index contributed by atoms with van der Waals surface area (Å²) in [6, 6.07) is 14.4. The summed E-state index contributed by atoms with van der Waals surface area (Å²) < 4.78 is 19.9. The molecular weight excluding hydrogens is 431 g/mol. The van der Waals surface area contributed by atoms with Crippen molar-refractivity contribution in [3.63, 3.8) is 0 Å². The lowest BCUT2D eigenvalue weighted by Gasteiger charge is -2.43. The van der Waals surface area contributed by atoms with Gasteiger partial charge in [-0.3, -0.25) is 20.1 Å². The van der Waals surface area contributed by atoms with Crippen molar-refractivity contribution in [1.82, 2.24) is 10.2 Å². The van der Waals surface area contributed by atoms with Crippen molar-refractivity contribution in [3.8, 4) is 5.75 Å². The van der Waals surface area contributed by atoms with Crippen LogP contribution in [0.4, 0.5) is 14.9 Å². The van der Waals surface area contributed by atoms with Crippen molar-refractivity contribution in [2.45, 2.75) is 57.7 Å². The van der Waals surface area contributed by atoms with Crippen LogP contribution in [-0.4, -0.2) is 48.0 Å². The zero-order valence-corrected chi connectivity index (χ0v) is 20.0. The van der Waals surface area contributed by atoms with E-state index in [9.17, 15) is 9.18 Å². The maximum absolute atomic E-state index is 14.1. The first-order chi connectivity index (χ1) is 16.4. The van der Waals surface area contributed by atoms with Crippen molar-refractivity contribution >= 4 is 17.6 Å². The Morgan fingerprint density at radius 3 is 2.62 bits per heavy atom. The first kappa shape index (κ1) is 22.8. The zero-order valence-electron chi connectivity index (χ0n) is 20.0. The van der Waals surface area contributed by atoms with Crippen molar-refractivity contribution in [2.75, 3.05) is 24.5 Å². The summed E-state index contributed by atoms with van der Waals surface area (Å²) in [4.78, 5) is 22.1. The molecule has 1 saturated carbocycles. The van der Waals surface area contributed by atoms with Gasteiger partial charge in [0.2, 0.25) is 0 Å². The average Bonchev–Trinajstić information content (AvgIpc) is 3.58. The smallest absolute Gasteiger partial charge is 0.328 e. The number of amidine groups is 1. The van der Waals surface area contributed by atoms with E-state index in [1.807, 2.05) is 26.0 Å². The van der Waals surface area contributed by atoms with Crippen LogP contribution in [0.1, 0.15) is 45.1 Å². The van der Waals surface area contributed by atoms with Crippen molar-refractivity contribution < 1.29 is 13.9 Å². The molecule has 7 heteroatoms. The topological polar surface area (TPSA) is 57.2 Å². The molecule has 5 rings (SSSR count). The lowest BCUT2D eigenvalue weighted by atomic mass is 9.85. The van der Waals surface area contributed by atoms with Crippen molar-refractivity contribution in [2.24, 2.45) is 10.9 Å². The van der Waals surface area contributed by atoms with Gasteiger partial charge in [0.15, 0.2) is 0 Å². The highest BCUT2D eigenvalue weighted by atomic mass is 19.1. The summed E-state index contributed by atoms with van der Waals surface area (Å²) in [5.41, 5.74) is 1.24. The number of likely N-dealkylation sites (tertiary alicyclic amines) is 1. The van der Waals surface area contributed by atoms with Crippen LogP contribution in [0.5, 0.6) is 5.75 Å². The molecule has 1 aliphatic carbocycles. The van der Waals surface area contributed by atoms with Gasteiger partial charge in [-0.1, -0.05) is 18.2 Å².